The summed E-state index contributed by atoms with van der Waals surface area (Å²) in [4.78, 5) is 26.2. The molecule has 1 fully saturated rings. The van der Waals surface area contributed by atoms with Crippen molar-refractivity contribution in [3.63, 3.8) is 0 Å². The number of amides is 3. The molecule has 0 bridgehead atoms. The molecule has 1 aliphatic rings. The van der Waals surface area contributed by atoms with Gasteiger partial charge in [0.1, 0.15) is 5.82 Å². The highest BCUT2D eigenvalue weighted by Crippen LogP contribution is 2.20. The van der Waals surface area contributed by atoms with Crippen molar-refractivity contribution in [3.8, 4) is 0 Å². The minimum absolute atomic E-state index is 0.240. The first-order valence-electron chi connectivity index (χ1n) is 10.1. The molecule has 28 heavy (non-hydrogen) atoms. The number of benzene rings is 1. The molecule has 0 aliphatic carbocycles. The monoisotopic (exact) mass is 392 g/mol. The van der Waals surface area contributed by atoms with Gasteiger partial charge in [-0.05, 0) is 55.8 Å². The summed E-state index contributed by atoms with van der Waals surface area (Å²) in [5.74, 6) is 0.725. The van der Waals surface area contributed by atoms with Crippen LogP contribution in [-0.2, 0) is 0 Å². The minimum atomic E-state index is -0.404. The highest BCUT2D eigenvalue weighted by Gasteiger charge is 2.21. The van der Waals surface area contributed by atoms with Gasteiger partial charge in [-0.3, -0.25) is 4.79 Å². The Kier molecular flexibility index (Phi) is 8.70. The second-order valence-corrected chi connectivity index (χ2v) is 7.96. The van der Waals surface area contributed by atoms with Crippen LogP contribution >= 0.6 is 0 Å². The molecule has 1 aromatic rings. The van der Waals surface area contributed by atoms with Crippen LogP contribution in [0, 0.1) is 24.6 Å². The number of aryl methyl sites for hydroxylation is 1. The van der Waals surface area contributed by atoms with E-state index in [0.29, 0.717) is 18.7 Å². The van der Waals surface area contributed by atoms with Crippen LogP contribution in [0.15, 0.2) is 18.2 Å². The molecular weight excluding hydrogens is 359 g/mol. The summed E-state index contributed by atoms with van der Waals surface area (Å²) >= 11 is 0. The van der Waals surface area contributed by atoms with E-state index >= 15 is 0 Å². The van der Waals surface area contributed by atoms with E-state index in [9.17, 15) is 14.0 Å². The van der Waals surface area contributed by atoms with E-state index in [2.05, 4.69) is 34.7 Å². The first kappa shape index (κ1) is 22.1. The predicted molar refractivity (Wildman–Crippen MR) is 109 cm³/mol. The van der Waals surface area contributed by atoms with Crippen LogP contribution in [0.2, 0.25) is 0 Å². The molecular formula is C21H33FN4O2. The molecule has 0 spiro atoms. The van der Waals surface area contributed by atoms with Crippen LogP contribution in [0.1, 0.15) is 42.6 Å². The number of nitrogens with one attached hydrogen (secondary N) is 3. The Morgan fingerprint density at radius 2 is 1.71 bits per heavy atom. The lowest BCUT2D eigenvalue weighted by molar-refractivity contribution is 0.0953. The van der Waals surface area contributed by atoms with E-state index in [0.717, 1.165) is 37.9 Å². The number of nitrogens with zero attached hydrogens (tertiary/aromatic N) is 1. The van der Waals surface area contributed by atoms with E-state index in [1.807, 2.05) is 0 Å². The maximum absolute atomic E-state index is 13.5. The molecule has 2 unspecified atom stereocenters. The van der Waals surface area contributed by atoms with Crippen LogP contribution in [0.4, 0.5) is 9.18 Å². The molecule has 1 aromatic carbocycles. The zero-order chi connectivity index (χ0) is 20.5. The van der Waals surface area contributed by atoms with Gasteiger partial charge in [0.2, 0.25) is 0 Å². The standard InChI is InChI=1S/C21H33FN4O2/c1-15-11-16(2)14-26(13-15)10-4-7-24-21(28)25-9-8-23-20(27)18-6-5-17(3)19(22)12-18/h5-6,12,15-16H,4,7-11,13-14H2,1-3H3,(H,23,27)(H2,24,25,28). The van der Waals surface area contributed by atoms with E-state index < -0.39 is 5.82 Å². The largest absolute Gasteiger partial charge is 0.350 e. The number of carbonyl (C=O) groups is 2. The van der Waals surface area contributed by atoms with Crippen LogP contribution in [0.25, 0.3) is 0 Å². The van der Waals surface area contributed by atoms with Crippen LogP contribution in [0.5, 0.6) is 0 Å². The van der Waals surface area contributed by atoms with Gasteiger partial charge in [0.05, 0.1) is 0 Å². The van der Waals surface area contributed by atoms with Crippen molar-refractivity contribution in [1.82, 2.24) is 20.9 Å². The third-order valence-electron chi connectivity index (χ3n) is 5.01. The molecule has 3 N–H and O–H groups in total. The van der Waals surface area contributed by atoms with Gasteiger partial charge in [0.15, 0.2) is 0 Å². The lowest BCUT2D eigenvalue weighted by atomic mass is 9.92. The quantitative estimate of drug-likeness (QED) is 0.595. The third kappa shape index (κ3) is 7.46. The summed E-state index contributed by atoms with van der Waals surface area (Å²) in [5.41, 5.74) is 0.771. The molecule has 7 heteroatoms. The van der Waals surface area contributed by atoms with Gasteiger partial charge < -0.3 is 20.9 Å². The average molecular weight is 393 g/mol. The van der Waals surface area contributed by atoms with Crippen molar-refractivity contribution in [2.75, 3.05) is 39.3 Å². The fourth-order valence-electron chi connectivity index (χ4n) is 3.73. The molecule has 1 saturated heterocycles. The molecule has 1 aliphatic heterocycles. The zero-order valence-electron chi connectivity index (χ0n) is 17.2. The maximum Gasteiger partial charge on any atom is 0.314 e. The Bertz CT molecular complexity index is 658. The number of hydrogen-bond donors (Lipinski definition) is 3. The van der Waals surface area contributed by atoms with Gasteiger partial charge in [0.25, 0.3) is 5.91 Å². The van der Waals surface area contributed by atoms with E-state index in [1.54, 1.807) is 19.1 Å². The number of carbonyl (C=O) groups excluding carboxylic acids is 2. The van der Waals surface area contributed by atoms with Gasteiger partial charge in [-0.25, -0.2) is 9.18 Å². The molecule has 1 heterocycles. The van der Waals surface area contributed by atoms with Crippen molar-refractivity contribution in [3.05, 3.63) is 35.1 Å². The predicted octanol–water partition coefficient (Wildman–Crippen LogP) is 2.53. The summed E-state index contributed by atoms with van der Waals surface area (Å²) in [5, 5.41) is 8.21. The first-order valence-corrected chi connectivity index (χ1v) is 10.1. The summed E-state index contributed by atoms with van der Waals surface area (Å²) in [7, 11) is 0. The molecule has 156 valence electrons. The van der Waals surface area contributed by atoms with Gasteiger partial charge >= 0.3 is 6.03 Å². The molecule has 2 rings (SSSR count). The SMILES string of the molecule is Cc1ccc(C(=O)NCCNC(=O)NCCCN2CC(C)CC(C)C2)cc1F. The Morgan fingerprint density at radius 1 is 1.07 bits per heavy atom. The molecule has 0 radical (unpaired) electrons. The van der Waals surface area contributed by atoms with Gasteiger partial charge in [0, 0.05) is 38.3 Å². The van der Waals surface area contributed by atoms with Crippen molar-refractivity contribution in [1.29, 1.82) is 0 Å². The van der Waals surface area contributed by atoms with Crippen molar-refractivity contribution < 1.29 is 14.0 Å². The summed E-state index contributed by atoms with van der Waals surface area (Å²) in [6, 6.07) is 4.13. The highest BCUT2D eigenvalue weighted by molar-refractivity contribution is 5.94. The van der Waals surface area contributed by atoms with Crippen molar-refractivity contribution >= 4 is 11.9 Å². The fraction of sp³-hybridized carbons (Fsp3) is 0.619. The number of likely N-dealkylation sites (tertiary alicyclic amines) is 1. The van der Waals surface area contributed by atoms with Crippen LogP contribution in [-0.4, -0.2) is 56.1 Å². The summed E-state index contributed by atoms with van der Waals surface area (Å²) in [6.45, 7) is 10.7. The number of piperidine rings is 1. The normalized spacial score (nSPS) is 19.9. The maximum atomic E-state index is 13.5. The average Bonchev–Trinajstić information content (AvgIpc) is 2.63. The third-order valence-corrected chi connectivity index (χ3v) is 5.01. The lowest BCUT2D eigenvalue weighted by Crippen LogP contribution is -2.42. The molecule has 3 amide bonds. The number of rotatable bonds is 8. The summed E-state index contributed by atoms with van der Waals surface area (Å²) < 4.78 is 13.5. The zero-order valence-corrected chi connectivity index (χ0v) is 17.2. The summed E-state index contributed by atoms with van der Waals surface area (Å²) in [6.07, 6.45) is 2.22. The number of halogens is 1. The lowest BCUT2D eigenvalue weighted by Gasteiger charge is -2.34. The Morgan fingerprint density at radius 3 is 2.39 bits per heavy atom. The highest BCUT2D eigenvalue weighted by atomic mass is 19.1. The Hall–Kier alpha value is -2.15. The Balaban J connectivity index is 1.54. The second-order valence-electron chi connectivity index (χ2n) is 7.96. The second kappa shape index (κ2) is 11.0. The first-order chi connectivity index (χ1) is 13.3. The smallest absolute Gasteiger partial charge is 0.314 e. The number of hydrogen-bond acceptors (Lipinski definition) is 3. The van der Waals surface area contributed by atoms with Gasteiger partial charge in [-0.2, -0.15) is 0 Å². The van der Waals surface area contributed by atoms with E-state index in [4.69, 9.17) is 0 Å². The van der Waals surface area contributed by atoms with Gasteiger partial charge in [-0.1, -0.05) is 19.9 Å². The molecule has 0 aromatic heterocycles. The van der Waals surface area contributed by atoms with Crippen LogP contribution in [0.3, 0.4) is 0 Å². The molecule has 0 saturated carbocycles. The minimum Gasteiger partial charge on any atom is -0.350 e. The Labute approximate surface area is 167 Å². The van der Waals surface area contributed by atoms with E-state index in [-0.39, 0.29) is 24.0 Å². The number of urea groups is 1. The molecule has 6 nitrogen and oxygen atoms in total. The fourth-order valence-corrected chi connectivity index (χ4v) is 3.73. The van der Waals surface area contributed by atoms with E-state index in [1.165, 1.54) is 12.5 Å². The van der Waals surface area contributed by atoms with Gasteiger partial charge in [-0.15, -0.1) is 0 Å². The topological polar surface area (TPSA) is 73.5 Å². The van der Waals surface area contributed by atoms with Crippen molar-refractivity contribution in [2.45, 2.75) is 33.6 Å². The van der Waals surface area contributed by atoms with Crippen LogP contribution < -0.4 is 16.0 Å². The van der Waals surface area contributed by atoms with Crippen molar-refractivity contribution in [2.24, 2.45) is 11.8 Å². The molecule has 2 atom stereocenters.